The molecule has 10 rings (SSSR count). The molecule has 0 fully saturated rings. The van der Waals surface area contributed by atoms with Crippen LogP contribution in [0.1, 0.15) is 0 Å². The number of anilines is 3. The number of benzene rings is 8. The van der Waals surface area contributed by atoms with Gasteiger partial charge in [0.15, 0.2) is 0 Å². The van der Waals surface area contributed by atoms with E-state index in [1.165, 1.54) is 20.2 Å². The molecule has 0 radical (unpaired) electrons. The Hall–Kier alpha value is -6.62. The molecule has 0 unspecified atom stereocenters. The highest BCUT2D eigenvalue weighted by atomic mass is 32.1. The summed E-state index contributed by atoms with van der Waals surface area (Å²) in [6, 6.07) is 66.7. The second-order valence-corrected chi connectivity index (χ2v) is 14.1. The van der Waals surface area contributed by atoms with E-state index in [1.807, 2.05) is 23.5 Å². The Bertz CT molecular complexity index is 2900. The number of hydrogen-bond acceptors (Lipinski definition) is 4. The third-order valence-corrected chi connectivity index (χ3v) is 11.0. The highest BCUT2D eigenvalue weighted by Gasteiger charge is 2.17. The van der Waals surface area contributed by atoms with Gasteiger partial charge >= 0.3 is 0 Å². The standard InChI is InChI=1S/C48H31N3S/c1-4-13-32(14-5-1)46-47(33-15-6-2-7-16-33)50-48-40-26-23-35(29-36(40)24-27-43(48)49-46)34-17-12-20-38(30-34)51(37-18-8-3-9-19-37)39-25-28-45-42(31-39)41-21-10-11-22-44(41)52-45/h1-31H. The topological polar surface area (TPSA) is 29.0 Å². The largest absolute Gasteiger partial charge is 0.310 e. The molecule has 0 atom stereocenters. The van der Waals surface area contributed by atoms with Gasteiger partial charge in [-0.15, -0.1) is 11.3 Å². The lowest BCUT2D eigenvalue weighted by Crippen LogP contribution is -2.09. The van der Waals surface area contributed by atoms with Crippen LogP contribution in [-0.2, 0) is 0 Å². The summed E-state index contributed by atoms with van der Waals surface area (Å²) in [4.78, 5) is 12.9. The van der Waals surface area contributed by atoms with Crippen molar-refractivity contribution in [2.24, 2.45) is 0 Å². The fraction of sp³-hybridized carbons (Fsp3) is 0. The van der Waals surface area contributed by atoms with E-state index in [0.29, 0.717) is 0 Å². The molecule has 0 N–H and O–H groups in total. The predicted octanol–water partition coefficient (Wildman–Crippen LogP) is 13.6. The molecule has 0 aliphatic carbocycles. The summed E-state index contributed by atoms with van der Waals surface area (Å²) in [6.07, 6.45) is 0. The number of hydrogen-bond donors (Lipinski definition) is 0. The van der Waals surface area contributed by atoms with Gasteiger partial charge in [0.05, 0.1) is 22.4 Å². The second kappa shape index (κ2) is 12.6. The van der Waals surface area contributed by atoms with Crippen LogP contribution in [0.4, 0.5) is 17.1 Å². The van der Waals surface area contributed by atoms with E-state index in [-0.39, 0.29) is 0 Å². The van der Waals surface area contributed by atoms with Crippen LogP contribution in [0, 0.1) is 0 Å². The highest BCUT2D eigenvalue weighted by molar-refractivity contribution is 7.25. The molecule has 0 amide bonds. The summed E-state index contributed by atoms with van der Waals surface area (Å²) in [6.45, 7) is 0. The molecule has 244 valence electrons. The molecule has 4 heteroatoms. The number of fused-ring (bicyclic) bond motifs is 6. The average molecular weight is 682 g/mol. The van der Waals surface area contributed by atoms with Crippen LogP contribution in [-0.4, -0.2) is 9.97 Å². The van der Waals surface area contributed by atoms with Crippen LogP contribution in [0.15, 0.2) is 188 Å². The lowest BCUT2D eigenvalue weighted by molar-refractivity contribution is 1.29. The highest BCUT2D eigenvalue weighted by Crippen LogP contribution is 2.42. The Morgan fingerprint density at radius 2 is 0.981 bits per heavy atom. The molecule has 2 heterocycles. The van der Waals surface area contributed by atoms with E-state index in [0.717, 1.165) is 72.5 Å². The molecule has 0 aliphatic heterocycles. The summed E-state index contributed by atoms with van der Waals surface area (Å²) in [5.74, 6) is 0. The predicted molar refractivity (Wildman–Crippen MR) is 221 cm³/mol. The molecule has 0 bridgehead atoms. The van der Waals surface area contributed by atoms with E-state index >= 15 is 0 Å². The molecule has 2 aromatic heterocycles. The second-order valence-electron chi connectivity index (χ2n) is 13.0. The Labute approximate surface area is 305 Å². The fourth-order valence-corrected chi connectivity index (χ4v) is 8.41. The van der Waals surface area contributed by atoms with Crippen LogP contribution < -0.4 is 4.90 Å². The van der Waals surface area contributed by atoms with Crippen molar-refractivity contribution in [1.82, 2.24) is 9.97 Å². The van der Waals surface area contributed by atoms with Crippen molar-refractivity contribution < 1.29 is 0 Å². The lowest BCUT2D eigenvalue weighted by Gasteiger charge is -2.26. The van der Waals surface area contributed by atoms with Crippen molar-refractivity contribution in [2.75, 3.05) is 4.90 Å². The van der Waals surface area contributed by atoms with Crippen LogP contribution in [0.2, 0.25) is 0 Å². The zero-order valence-corrected chi connectivity index (χ0v) is 29.0. The summed E-state index contributed by atoms with van der Waals surface area (Å²) in [7, 11) is 0. The maximum absolute atomic E-state index is 5.32. The molecular weight excluding hydrogens is 651 g/mol. The van der Waals surface area contributed by atoms with E-state index in [1.54, 1.807) is 0 Å². The van der Waals surface area contributed by atoms with Gasteiger partial charge in [-0.05, 0) is 77.2 Å². The molecule has 3 nitrogen and oxygen atoms in total. The molecule has 10 aromatic rings. The smallest absolute Gasteiger partial charge is 0.0973 e. The van der Waals surface area contributed by atoms with Gasteiger partial charge in [0, 0.05) is 53.7 Å². The molecule has 0 saturated carbocycles. The first-order valence-corrected chi connectivity index (χ1v) is 18.3. The zero-order valence-electron chi connectivity index (χ0n) is 28.1. The Morgan fingerprint density at radius 3 is 1.77 bits per heavy atom. The summed E-state index contributed by atoms with van der Waals surface area (Å²) in [5, 5.41) is 4.80. The van der Waals surface area contributed by atoms with Gasteiger partial charge in [-0.1, -0.05) is 127 Å². The van der Waals surface area contributed by atoms with Gasteiger partial charge in [0.1, 0.15) is 0 Å². The minimum Gasteiger partial charge on any atom is -0.310 e. The lowest BCUT2D eigenvalue weighted by atomic mass is 9.98. The zero-order chi connectivity index (χ0) is 34.4. The first-order chi connectivity index (χ1) is 25.8. The Kier molecular flexibility index (Phi) is 7.33. The maximum Gasteiger partial charge on any atom is 0.0973 e. The SMILES string of the molecule is c1ccc(-c2nc3ccc4cc(-c5cccc(N(c6ccccc6)c6ccc7sc8ccccc8c7c6)c5)ccc4c3nc2-c2ccccc2)cc1. The van der Waals surface area contributed by atoms with Gasteiger partial charge in [0.25, 0.3) is 0 Å². The summed E-state index contributed by atoms with van der Waals surface area (Å²) in [5.41, 5.74) is 11.3. The van der Waals surface area contributed by atoms with Crippen LogP contribution in [0.3, 0.4) is 0 Å². The number of para-hydroxylation sites is 1. The minimum atomic E-state index is 0.884. The van der Waals surface area contributed by atoms with E-state index < -0.39 is 0 Å². The van der Waals surface area contributed by atoms with Gasteiger partial charge in [-0.2, -0.15) is 0 Å². The summed E-state index contributed by atoms with van der Waals surface area (Å²) < 4.78 is 2.61. The van der Waals surface area contributed by atoms with Gasteiger partial charge < -0.3 is 4.90 Å². The van der Waals surface area contributed by atoms with E-state index in [4.69, 9.17) is 9.97 Å². The van der Waals surface area contributed by atoms with Gasteiger partial charge in [-0.25, -0.2) is 9.97 Å². The molecule has 8 aromatic carbocycles. The Balaban J connectivity index is 1.09. The number of nitrogens with zero attached hydrogens (tertiary/aromatic N) is 3. The van der Waals surface area contributed by atoms with E-state index in [2.05, 4.69) is 181 Å². The maximum atomic E-state index is 5.32. The molecule has 52 heavy (non-hydrogen) atoms. The van der Waals surface area contributed by atoms with Crippen molar-refractivity contribution >= 4 is 70.4 Å². The van der Waals surface area contributed by atoms with Crippen molar-refractivity contribution in [2.45, 2.75) is 0 Å². The van der Waals surface area contributed by atoms with Gasteiger partial charge in [-0.3, -0.25) is 0 Å². The molecule has 0 aliphatic rings. The third kappa shape index (κ3) is 5.29. The van der Waals surface area contributed by atoms with Crippen molar-refractivity contribution in [3.8, 4) is 33.6 Å². The average Bonchev–Trinajstić information content (AvgIpc) is 3.59. The van der Waals surface area contributed by atoms with Crippen molar-refractivity contribution in [1.29, 1.82) is 0 Å². The quantitative estimate of drug-likeness (QED) is 0.164. The number of rotatable bonds is 6. The third-order valence-electron chi connectivity index (χ3n) is 9.82. The molecule has 0 saturated heterocycles. The van der Waals surface area contributed by atoms with Crippen LogP contribution >= 0.6 is 11.3 Å². The fourth-order valence-electron chi connectivity index (χ4n) is 7.32. The van der Waals surface area contributed by atoms with Crippen LogP contribution in [0.25, 0.3) is 75.6 Å². The summed E-state index contributed by atoms with van der Waals surface area (Å²) >= 11 is 1.85. The number of thiophene rings is 1. The van der Waals surface area contributed by atoms with E-state index in [9.17, 15) is 0 Å². The normalized spacial score (nSPS) is 11.5. The first-order valence-electron chi connectivity index (χ1n) is 17.5. The number of aromatic nitrogens is 2. The van der Waals surface area contributed by atoms with Crippen molar-refractivity contribution in [3.05, 3.63) is 188 Å². The van der Waals surface area contributed by atoms with Crippen molar-refractivity contribution in [3.63, 3.8) is 0 Å². The molecule has 0 spiro atoms. The van der Waals surface area contributed by atoms with Gasteiger partial charge in [0.2, 0.25) is 0 Å². The Morgan fingerprint density at radius 1 is 0.365 bits per heavy atom. The monoisotopic (exact) mass is 681 g/mol. The molecular formula is C48H31N3S. The van der Waals surface area contributed by atoms with Crippen LogP contribution in [0.5, 0.6) is 0 Å². The minimum absolute atomic E-state index is 0.884. The first kappa shape index (κ1) is 30.2.